The van der Waals surface area contributed by atoms with Gasteiger partial charge in [-0.05, 0) is 0 Å². The van der Waals surface area contributed by atoms with Gasteiger partial charge in [0.05, 0.1) is 6.54 Å². The Bertz CT molecular complexity index is 155. The van der Waals surface area contributed by atoms with E-state index in [1.165, 1.54) is 0 Å². The van der Waals surface area contributed by atoms with Gasteiger partial charge in [0.15, 0.2) is 0 Å². The van der Waals surface area contributed by atoms with E-state index in [0.717, 1.165) is 13.8 Å². The fourth-order valence-corrected chi connectivity index (χ4v) is 0. The van der Waals surface area contributed by atoms with Crippen LogP contribution in [0, 0.1) is 0 Å². The molecule has 0 fully saturated rings. The van der Waals surface area contributed by atoms with Crippen LogP contribution in [-0.2, 0) is 14.4 Å². The van der Waals surface area contributed by atoms with Gasteiger partial charge in [-0.15, -0.1) is 0 Å². The van der Waals surface area contributed by atoms with E-state index in [-0.39, 0.29) is 65.7 Å². The number of aliphatic carboxylic acids is 3. The van der Waals surface area contributed by atoms with Crippen molar-refractivity contribution in [1.82, 2.24) is 0 Å². The zero-order chi connectivity index (χ0) is 11.4. The standard InChI is InChI=1S/C2H5NO2.2C2H4O2.2Na.2H/c3-1-2(4)5;2*1-2(3)4;;;;/h1,3H2,(H,4,5);2*1H3,(H,3,4);;;;. The number of nitrogens with two attached hydrogens (primary N) is 1. The average Bonchev–Trinajstić information content (AvgIpc) is 1.84. The van der Waals surface area contributed by atoms with Gasteiger partial charge in [-0.2, -0.15) is 0 Å². The molecule has 0 bridgehead atoms. The minimum absolute atomic E-state index is 0. The molecule has 0 saturated carbocycles. The molecule has 0 aromatic rings. The van der Waals surface area contributed by atoms with Gasteiger partial charge in [-0.1, -0.05) is 0 Å². The van der Waals surface area contributed by atoms with E-state index < -0.39 is 17.9 Å². The van der Waals surface area contributed by atoms with Crippen molar-refractivity contribution in [2.45, 2.75) is 13.8 Å². The molecular formula is C6H15NNa2O6. The van der Waals surface area contributed by atoms with Crippen LogP contribution in [0.25, 0.3) is 0 Å². The van der Waals surface area contributed by atoms with E-state index in [1.54, 1.807) is 0 Å². The summed E-state index contributed by atoms with van der Waals surface area (Å²) in [6.45, 7) is 1.89. The van der Waals surface area contributed by atoms with Crippen molar-refractivity contribution in [3.63, 3.8) is 0 Å². The van der Waals surface area contributed by atoms with Crippen LogP contribution in [0.3, 0.4) is 0 Å². The molecule has 0 radical (unpaired) electrons. The molecule has 0 unspecified atom stereocenters. The molecule has 0 aromatic heterocycles. The molecule has 15 heavy (non-hydrogen) atoms. The fourth-order valence-electron chi connectivity index (χ4n) is 0. The van der Waals surface area contributed by atoms with Gasteiger partial charge in [0.1, 0.15) is 0 Å². The van der Waals surface area contributed by atoms with Crippen molar-refractivity contribution < 1.29 is 29.7 Å². The number of carbonyl (C=O) groups is 3. The monoisotopic (exact) mass is 243 g/mol. The molecular weight excluding hydrogens is 228 g/mol. The molecule has 0 heterocycles. The number of rotatable bonds is 1. The first-order chi connectivity index (χ1) is 5.73. The second kappa shape index (κ2) is 23.9. The van der Waals surface area contributed by atoms with Gasteiger partial charge in [-0.3, -0.25) is 14.4 Å². The first-order valence-corrected chi connectivity index (χ1v) is 3.04. The summed E-state index contributed by atoms with van der Waals surface area (Å²) in [6, 6.07) is 0. The zero-order valence-electron chi connectivity index (χ0n) is 7.35. The topological polar surface area (TPSA) is 138 Å². The van der Waals surface area contributed by atoms with E-state index in [9.17, 15) is 4.79 Å². The first-order valence-electron chi connectivity index (χ1n) is 3.04. The number of hydrogen-bond acceptors (Lipinski definition) is 4. The maximum absolute atomic E-state index is 9.24. The molecule has 0 aliphatic rings. The Morgan fingerprint density at radius 3 is 1.00 bits per heavy atom. The van der Waals surface area contributed by atoms with E-state index in [2.05, 4.69) is 5.73 Å². The molecule has 5 N–H and O–H groups in total. The van der Waals surface area contributed by atoms with Crippen molar-refractivity contribution in [2.24, 2.45) is 5.73 Å². The SMILES string of the molecule is CC(=O)O.CC(=O)O.NCC(=O)O.[NaH].[NaH]. The normalized spacial score (nSPS) is 5.80. The van der Waals surface area contributed by atoms with E-state index >= 15 is 0 Å². The quantitative estimate of drug-likeness (QED) is 0.387. The Hall–Kier alpha value is 0.370. The zero-order valence-corrected chi connectivity index (χ0v) is 7.35. The van der Waals surface area contributed by atoms with E-state index in [1.807, 2.05) is 0 Å². The summed E-state index contributed by atoms with van der Waals surface area (Å²) in [7, 11) is 0. The molecule has 0 rings (SSSR count). The summed E-state index contributed by atoms with van der Waals surface area (Å²) in [5.74, 6) is -2.63. The van der Waals surface area contributed by atoms with Crippen LogP contribution in [0.4, 0.5) is 0 Å². The molecule has 0 spiro atoms. The van der Waals surface area contributed by atoms with E-state index in [4.69, 9.17) is 24.9 Å². The van der Waals surface area contributed by atoms with Crippen LogP contribution in [0.1, 0.15) is 13.8 Å². The minimum atomic E-state index is -0.968. The van der Waals surface area contributed by atoms with Gasteiger partial charge < -0.3 is 21.1 Å². The summed E-state index contributed by atoms with van der Waals surface area (Å²) in [6.07, 6.45) is 0. The van der Waals surface area contributed by atoms with Gasteiger partial charge >= 0.3 is 65.1 Å². The van der Waals surface area contributed by atoms with Crippen molar-refractivity contribution in [1.29, 1.82) is 0 Å². The summed E-state index contributed by atoms with van der Waals surface area (Å²) >= 11 is 0. The maximum atomic E-state index is 9.24. The molecule has 0 aliphatic carbocycles. The fraction of sp³-hybridized carbons (Fsp3) is 0.500. The molecule has 0 atom stereocenters. The Morgan fingerprint density at radius 2 is 1.00 bits per heavy atom. The third kappa shape index (κ3) is 391. The molecule has 9 heteroatoms. The molecule has 0 saturated heterocycles. The number of carboxylic acids is 3. The average molecular weight is 243 g/mol. The van der Waals surface area contributed by atoms with Gasteiger partial charge in [0.2, 0.25) is 0 Å². The molecule has 0 aromatic carbocycles. The third-order valence-corrected chi connectivity index (χ3v) is 0.175. The van der Waals surface area contributed by atoms with Crippen molar-refractivity contribution in [2.75, 3.05) is 6.54 Å². The Balaban J connectivity index is -0.0000000315. The van der Waals surface area contributed by atoms with Crippen LogP contribution >= 0.6 is 0 Å². The van der Waals surface area contributed by atoms with Crippen molar-refractivity contribution >= 4 is 77.0 Å². The third-order valence-electron chi connectivity index (χ3n) is 0.175. The molecule has 0 aliphatic heterocycles. The number of hydrogen-bond donors (Lipinski definition) is 4. The first kappa shape index (κ1) is 29.5. The molecule has 82 valence electrons. The van der Waals surface area contributed by atoms with Crippen LogP contribution in [-0.4, -0.2) is 98.9 Å². The number of carboxylic acid groups (broad SMARTS) is 3. The van der Waals surface area contributed by atoms with Gasteiger partial charge in [0, 0.05) is 13.8 Å². The van der Waals surface area contributed by atoms with Crippen LogP contribution in [0.5, 0.6) is 0 Å². The Kier molecular flexibility index (Phi) is 47.0. The van der Waals surface area contributed by atoms with Gasteiger partial charge in [0.25, 0.3) is 11.9 Å². The van der Waals surface area contributed by atoms with Crippen LogP contribution in [0.2, 0.25) is 0 Å². The Labute approximate surface area is 132 Å². The second-order valence-corrected chi connectivity index (χ2v) is 1.64. The second-order valence-electron chi connectivity index (χ2n) is 1.64. The van der Waals surface area contributed by atoms with Crippen LogP contribution < -0.4 is 5.73 Å². The van der Waals surface area contributed by atoms with Crippen LogP contribution in [0.15, 0.2) is 0 Å². The predicted octanol–water partition coefficient (Wildman–Crippen LogP) is -2.09. The summed E-state index contributed by atoms with van der Waals surface area (Å²) < 4.78 is 0. The van der Waals surface area contributed by atoms with Crippen molar-refractivity contribution in [3.05, 3.63) is 0 Å². The molecule has 0 amide bonds. The van der Waals surface area contributed by atoms with Gasteiger partial charge in [-0.25, -0.2) is 0 Å². The summed E-state index contributed by atoms with van der Waals surface area (Å²) in [5, 5.41) is 22.4. The summed E-state index contributed by atoms with van der Waals surface area (Å²) in [5.41, 5.74) is 4.57. The molecule has 7 nitrogen and oxygen atoms in total. The predicted molar refractivity (Wildman–Crippen MR) is 57.6 cm³/mol. The van der Waals surface area contributed by atoms with E-state index in [0.29, 0.717) is 0 Å². The van der Waals surface area contributed by atoms with Crippen molar-refractivity contribution in [3.8, 4) is 0 Å². The summed E-state index contributed by atoms with van der Waals surface area (Å²) in [4.78, 5) is 27.2. The Morgan fingerprint density at radius 1 is 0.933 bits per heavy atom.